The lowest BCUT2D eigenvalue weighted by molar-refractivity contribution is 0.0998. The first-order valence-corrected chi connectivity index (χ1v) is 10.5. The molecule has 2 aromatic carbocycles. The Morgan fingerprint density at radius 3 is 2.69 bits per heavy atom. The van der Waals surface area contributed by atoms with Crippen molar-refractivity contribution < 1.29 is 13.9 Å². The third-order valence-corrected chi connectivity index (χ3v) is 5.56. The van der Waals surface area contributed by atoms with E-state index in [-0.39, 0.29) is 5.91 Å². The summed E-state index contributed by atoms with van der Waals surface area (Å²) in [5, 5.41) is 6.29. The number of carbonyl (C=O) groups is 1. The number of aromatic nitrogens is 1. The maximum absolute atomic E-state index is 12.8. The van der Waals surface area contributed by atoms with Crippen molar-refractivity contribution in [1.82, 2.24) is 4.98 Å². The van der Waals surface area contributed by atoms with Crippen LogP contribution >= 0.6 is 11.3 Å². The van der Waals surface area contributed by atoms with E-state index in [4.69, 9.17) is 9.15 Å². The quantitative estimate of drug-likeness (QED) is 0.421. The highest BCUT2D eigenvalue weighted by Gasteiger charge is 2.19. The Bertz CT molecular complexity index is 1160. The number of carbonyl (C=O) groups excluding carboxylic acids is 1. The van der Waals surface area contributed by atoms with E-state index in [9.17, 15) is 4.79 Å². The van der Waals surface area contributed by atoms with Gasteiger partial charge in [-0.2, -0.15) is 0 Å². The number of thiazole rings is 1. The van der Waals surface area contributed by atoms with Crippen LogP contribution in [0.25, 0.3) is 22.2 Å². The van der Waals surface area contributed by atoms with Gasteiger partial charge >= 0.3 is 0 Å². The molecule has 0 bridgehead atoms. The zero-order valence-electron chi connectivity index (χ0n) is 16.6. The summed E-state index contributed by atoms with van der Waals surface area (Å²) in [6.07, 6.45) is 0.940. The molecule has 6 heteroatoms. The van der Waals surface area contributed by atoms with Gasteiger partial charge in [0.15, 0.2) is 10.9 Å². The number of benzene rings is 2. The molecule has 0 aliphatic heterocycles. The van der Waals surface area contributed by atoms with Crippen LogP contribution < -0.4 is 10.1 Å². The molecular formula is C23H22N2O3S. The number of aryl methyl sites for hydroxylation is 2. The van der Waals surface area contributed by atoms with Crippen molar-refractivity contribution in [2.75, 3.05) is 11.9 Å². The fourth-order valence-corrected chi connectivity index (χ4v) is 3.93. The second kappa shape index (κ2) is 8.09. The van der Waals surface area contributed by atoms with E-state index in [2.05, 4.69) is 23.3 Å². The summed E-state index contributed by atoms with van der Waals surface area (Å²) in [6, 6.07) is 13.8. The Balaban J connectivity index is 1.53. The van der Waals surface area contributed by atoms with E-state index in [1.165, 1.54) is 16.9 Å². The Morgan fingerprint density at radius 2 is 1.97 bits per heavy atom. The van der Waals surface area contributed by atoms with Gasteiger partial charge in [-0.25, -0.2) is 4.98 Å². The Kier molecular flexibility index (Phi) is 5.36. The van der Waals surface area contributed by atoms with Gasteiger partial charge in [-0.3, -0.25) is 10.1 Å². The number of fused-ring (bicyclic) bond motifs is 1. The number of ether oxygens (including phenoxy) is 1. The lowest BCUT2D eigenvalue weighted by atomic mass is 10.1. The van der Waals surface area contributed by atoms with Gasteiger partial charge in [-0.1, -0.05) is 13.0 Å². The number of nitrogens with zero attached hydrogens (tertiary/aromatic N) is 1. The third kappa shape index (κ3) is 3.89. The Morgan fingerprint density at radius 1 is 1.17 bits per heavy atom. The summed E-state index contributed by atoms with van der Waals surface area (Å²) in [5.74, 6) is 0.863. The largest absolute Gasteiger partial charge is 0.494 e. The first-order valence-electron chi connectivity index (χ1n) is 9.61. The molecule has 0 atom stereocenters. The summed E-state index contributed by atoms with van der Waals surface area (Å²) in [7, 11) is 0. The molecule has 0 saturated carbocycles. The summed E-state index contributed by atoms with van der Waals surface area (Å²) < 4.78 is 11.3. The SMILES string of the molecule is CCOc1ccc(-c2csc(NC(=O)c3oc4ccc(CC)cc4c3C)n2)cc1. The number of amides is 1. The van der Waals surface area contributed by atoms with Gasteiger partial charge in [0.1, 0.15) is 11.3 Å². The van der Waals surface area contributed by atoms with Crippen LogP contribution in [-0.4, -0.2) is 17.5 Å². The number of furan rings is 1. The van der Waals surface area contributed by atoms with E-state index in [0.717, 1.165) is 40.0 Å². The van der Waals surface area contributed by atoms with Gasteiger partial charge in [-0.15, -0.1) is 11.3 Å². The zero-order chi connectivity index (χ0) is 20.4. The highest BCUT2D eigenvalue weighted by atomic mass is 32.1. The second-order valence-corrected chi connectivity index (χ2v) is 7.55. The molecule has 0 radical (unpaired) electrons. The van der Waals surface area contributed by atoms with Crippen molar-refractivity contribution in [3.8, 4) is 17.0 Å². The molecule has 5 nitrogen and oxygen atoms in total. The smallest absolute Gasteiger partial charge is 0.293 e. The first kappa shape index (κ1) is 19.2. The molecular weight excluding hydrogens is 384 g/mol. The molecule has 0 spiro atoms. The molecule has 29 heavy (non-hydrogen) atoms. The lowest BCUT2D eigenvalue weighted by Gasteiger charge is -2.03. The normalized spacial score (nSPS) is 11.0. The minimum atomic E-state index is -0.288. The molecule has 0 aliphatic carbocycles. The molecule has 1 N–H and O–H groups in total. The van der Waals surface area contributed by atoms with Crippen molar-refractivity contribution >= 4 is 33.3 Å². The fourth-order valence-electron chi connectivity index (χ4n) is 3.21. The van der Waals surface area contributed by atoms with Crippen LogP contribution in [0.3, 0.4) is 0 Å². The van der Waals surface area contributed by atoms with E-state index in [1.54, 1.807) is 0 Å². The average molecular weight is 407 g/mol. The van der Waals surface area contributed by atoms with Gasteiger partial charge in [0.05, 0.1) is 12.3 Å². The summed E-state index contributed by atoms with van der Waals surface area (Å²) >= 11 is 1.38. The van der Waals surface area contributed by atoms with Gasteiger partial charge in [0, 0.05) is 21.9 Å². The van der Waals surface area contributed by atoms with Crippen LogP contribution in [0.2, 0.25) is 0 Å². The van der Waals surface area contributed by atoms with Crippen LogP contribution in [0.1, 0.15) is 35.5 Å². The van der Waals surface area contributed by atoms with Gasteiger partial charge in [-0.05, 0) is 62.2 Å². The van der Waals surface area contributed by atoms with Gasteiger partial charge < -0.3 is 9.15 Å². The topological polar surface area (TPSA) is 64.4 Å². The second-order valence-electron chi connectivity index (χ2n) is 6.69. The minimum absolute atomic E-state index is 0.288. The first-order chi connectivity index (χ1) is 14.1. The fraction of sp³-hybridized carbons (Fsp3) is 0.217. The molecule has 0 saturated heterocycles. The highest BCUT2D eigenvalue weighted by Crippen LogP contribution is 2.29. The number of hydrogen-bond acceptors (Lipinski definition) is 5. The predicted octanol–water partition coefficient (Wildman–Crippen LogP) is 6.08. The average Bonchev–Trinajstić information content (AvgIpc) is 3.33. The van der Waals surface area contributed by atoms with E-state index < -0.39 is 0 Å². The van der Waals surface area contributed by atoms with Crippen molar-refractivity contribution in [2.45, 2.75) is 27.2 Å². The molecule has 1 amide bonds. The number of hydrogen-bond donors (Lipinski definition) is 1. The molecule has 2 heterocycles. The molecule has 4 rings (SSSR count). The molecule has 0 fully saturated rings. The molecule has 2 aromatic heterocycles. The zero-order valence-corrected chi connectivity index (χ0v) is 17.4. The lowest BCUT2D eigenvalue weighted by Crippen LogP contribution is -2.11. The Hall–Kier alpha value is -3.12. The van der Waals surface area contributed by atoms with Gasteiger partial charge in [0.2, 0.25) is 0 Å². The maximum atomic E-state index is 12.8. The molecule has 0 aliphatic rings. The van der Waals surface area contributed by atoms with Crippen LogP contribution in [0.4, 0.5) is 5.13 Å². The molecule has 4 aromatic rings. The monoisotopic (exact) mass is 406 g/mol. The molecule has 0 unspecified atom stereocenters. The number of anilines is 1. The summed E-state index contributed by atoms with van der Waals surface area (Å²) in [5.41, 5.74) is 4.56. The Labute approximate surface area is 173 Å². The van der Waals surface area contributed by atoms with Crippen LogP contribution in [0.15, 0.2) is 52.3 Å². The summed E-state index contributed by atoms with van der Waals surface area (Å²) in [6.45, 7) is 6.60. The van der Waals surface area contributed by atoms with Crippen molar-refractivity contribution in [2.24, 2.45) is 0 Å². The minimum Gasteiger partial charge on any atom is -0.494 e. The third-order valence-electron chi connectivity index (χ3n) is 4.80. The summed E-state index contributed by atoms with van der Waals surface area (Å²) in [4.78, 5) is 17.3. The molecule has 148 valence electrons. The number of nitrogens with one attached hydrogen (secondary N) is 1. The highest BCUT2D eigenvalue weighted by molar-refractivity contribution is 7.14. The standard InChI is InChI=1S/C23H22N2O3S/c1-4-15-6-11-20-18(12-15)14(3)21(28-20)22(26)25-23-24-19(13-29-23)16-7-9-17(10-8-16)27-5-2/h6-13H,4-5H2,1-3H3,(H,24,25,26). The van der Waals surface area contributed by atoms with Crippen molar-refractivity contribution in [3.05, 3.63) is 64.7 Å². The van der Waals surface area contributed by atoms with Gasteiger partial charge in [0.25, 0.3) is 5.91 Å². The van der Waals surface area contributed by atoms with E-state index in [1.807, 2.05) is 55.6 Å². The van der Waals surface area contributed by atoms with Crippen LogP contribution in [0.5, 0.6) is 5.75 Å². The number of rotatable bonds is 6. The van der Waals surface area contributed by atoms with E-state index in [0.29, 0.717) is 17.5 Å². The van der Waals surface area contributed by atoms with Crippen molar-refractivity contribution in [3.63, 3.8) is 0 Å². The predicted molar refractivity (Wildman–Crippen MR) is 117 cm³/mol. The van der Waals surface area contributed by atoms with Crippen LogP contribution in [-0.2, 0) is 6.42 Å². The van der Waals surface area contributed by atoms with E-state index >= 15 is 0 Å². The van der Waals surface area contributed by atoms with Crippen molar-refractivity contribution in [1.29, 1.82) is 0 Å². The maximum Gasteiger partial charge on any atom is 0.293 e. The van der Waals surface area contributed by atoms with Crippen LogP contribution in [0, 0.1) is 6.92 Å².